The Bertz CT molecular complexity index is 619. The fraction of sp³-hybridized carbons (Fsp3) is 0.684. The Morgan fingerprint density at radius 1 is 1.26 bits per heavy atom. The van der Waals surface area contributed by atoms with E-state index in [2.05, 4.69) is 52.0 Å². The molecule has 3 saturated carbocycles. The lowest BCUT2D eigenvalue weighted by molar-refractivity contribution is -0.199. The van der Waals surface area contributed by atoms with Crippen molar-refractivity contribution in [3.63, 3.8) is 0 Å². The molecule has 0 spiro atoms. The minimum atomic E-state index is -0.278. The van der Waals surface area contributed by atoms with E-state index in [1.807, 2.05) is 0 Å². The Balaban J connectivity index is 1.49. The molecule has 1 aliphatic heterocycles. The van der Waals surface area contributed by atoms with E-state index in [0.717, 1.165) is 18.8 Å². The smallest absolute Gasteiger partial charge is 0.404 e. The Morgan fingerprint density at radius 3 is 2.70 bits per heavy atom. The number of benzene rings is 1. The van der Waals surface area contributed by atoms with Gasteiger partial charge in [-0.05, 0) is 61.5 Å². The predicted molar refractivity (Wildman–Crippen MR) is 93.0 cm³/mol. The van der Waals surface area contributed by atoms with Crippen molar-refractivity contribution in [3.05, 3.63) is 35.4 Å². The van der Waals surface area contributed by atoms with Gasteiger partial charge in [0.05, 0.1) is 11.7 Å². The number of hydrogen-bond acceptors (Lipinski definition) is 3. The zero-order chi connectivity index (χ0) is 16.4. The molecule has 1 saturated heterocycles. The van der Waals surface area contributed by atoms with Crippen molar-refractivity contribution >= 4 is 7.12 Å². The van der Waals surface area contributed by atoms with Crippen LogP contribution in [0.15, 0.2) is 24.3 Å². The molecule has 4 fully saturated rings. The third-order valence-corrected chi connectivity index (χ3v) is 7.04. The van der Waals surface area contributed by atoms with Crippen LogP contribution in [0.3, 0.4) is 0 Å². The van der Waals surface area contributed by atoms with Crippen molar-refractivity contribution in [2.75, 3.05) is 0 Å². The highest BCUT2D eigenvalue weighted by atomic mass is 16.7. The van der Waals surface area contributed by atoms with Gasteiger partial charge in [0, 0.05) is 5.94 Å². The summed E-state index contributed by atoms with van der Waals surface area (Å²) in [5, 5.41) is 0. The average molecular weight is 313 g/mol. The normalized spacial score (nSPS) is 38.8. The first-order valence-electron chi connectivity index (χ1n) is 8.95. The molecule has 0 unspecified atom stereocenters. The summed E-state index contributed by atoms with van der Waals surface area (Å²) in [4.78, 5) is 0. The van der Waals surface area contributed by atoms with Gasteiger partial charge in [0.25, 0.3) is 0 Å². The second kappa shape index (κ2) is 5.08. The van der Waals surface area contributed by atoms with Crippen LogP contribution in [0.5, 0.6) is 0 Å². The molecule has 3 aliphatic carbocycles. The summed E-state index contributed by atoms with van der Waals surface area (Å²) in [6.07, 6.45) is 3.42. The van der Waals surface area contributed by atoms with E-state index >= 15 is 0 Å². The predicted octanol–water partition coefficient (Wildman–Crippen LogP) is 3.13. The summed E-state index contributed by atoms with van der Waals surface area (Å²) in [6, 6.07) is 8.43. The van der Waals surface area contributed by atoms with Gasteiger partial charge in [-0.3, -0.25) is 0 Å². The van der Waals surface area contributed by atoms with Crippen molar-refractivity contribution in [1.82, 2.24) is 0 Å². The van der Waals surface area contributed by atoms with Crippen LogP contribution in [-0.4, -0.2) is 24.8 Å². The van der Waals surface area contributed by atoms with E-state index in [9.17, 15) is 0 Å². The maximum atomic E-state index is 6.47. The summed E-state index contributed by atoms with van der Waals surface area (Å²) in [5.41, 5.74) is 9.26. The standard InChI is InChI=1S/C19H28BNO2/c1-12-7-5-6-8-13(12)9-17(21)20-22-16-11-14-10-15(18(14,2)3)19(16,4)23-20/h5-8,14-17H,9-11,21H2,1-4H3/t14-,15-,16+,17+,19-/m0/s1. The molecular formula is C19H28BNO2. The van der Waals surface area contributed by atoms with E-state index in [1.165, 1.54) is 17.5 Å². The molecule has 5 atom stereocenters. The Hall–Kier alpha value is -0.835. The fourth-order valence-electron chi connectivity index (χ4n) is 5.27. The Labute approximate surface area is 140 Å². The summed E-state index contributed by atoms with van der Waals surface area (Å²) in [5.74, 6) is 1.26. The van der Waals surface area contributed by atoms with Gasteiger partial charge >= 0.3 is 7.12 Å². The average Bonchev–Trinajstić information content (AvgIpc) is 2.86. The number of rotatable bonds is 3. The molecule has 23 heavy (non-hydrogen) atoms. The van der Waals surface area contributed by atoms with E-state index in [1.54, 1.807) is 0 Å². The molecule has 5 rings (SSSR count). The zero-order valence-corrected chi connectivity index (χ0v) is 14.7. The van der Waals surface area contributed by atoms with Gasteiger partial charge in [-0.1, -0.05) is 38.1 Å². The topological polar surface area (TPSA) is 44.5 Å². The van der Waals surface area contributed by atoms with Crippen LogP contribution in [0.1, 0.15) is 44.7 Å². The molecule has 124 valence electrons. The first kappa shape index (κ1) is 15.7. The first-order valence-corrected chi connectivity index (χ1v) is 8.95. The van der Waals surface area contributed by atoms with Crippen molar-refractivity contribution in [3.8, 4) is 0 Å². The van der Waals surface area contributed by atoms with E-state index in [0.29, 0.717) is 11.3 Å². The summed E-state index contributed by atoms with van der Waals surface area (Å²) in [6.45, 7) is 9.16. The second-order valence-electron chi connectivity index (χ2n) is 8.63. The minimum absolute atomic E-state index is 0.112. The van der Waals surface area contributed by atoms with Crippen LogP contribution in [0.2, 0.25) is 0 Å². The van der Waals surface area contributed by atoms with Gasteiger partial charge in [-0.2, -0.15) is 0 Å². The molecule has 3 nitrogen and oxygen atoms in total. The molecule has 1 aromatic carbocycles. The quantitative estimate of drug-likeness (QED) is 0.872. The lowest BCUT2D eigenvalue weighted by Crippen LogP contribution is -2.65. The lowest BCUT2D eigenvalue weighted by Gasteiger charge is -2.64. The maximum Gasteiger partial charge on any atom is 0.475 e. The monoisotopic (exact) mass is 313 g/mol. The molecule has 0 amide bonds. The second-order valence-corrected chi connectivity index (χ2v) is 8.63. The van der Waals surface area contributed by atoms with Gasteiger partial charge in [0.2, 0.25) is 0 Å². The third kappa shape index (κ3) is 2.22. The largest absolute Gasteiger partial charge is 0.475 e. The highest BCUT2D eigenvalue weighted by Crippen LogP contribution is 2.65. The Morgan fingerprint density at radius 2 is 2.00 bits per heavy atom. The third-order valence-electron chi connectivity index (χ3n) is 7.04. The van der Waals surface area contributed by atoms with Crippen molar-refractivity contribution < 1.29 is 9.31 Å². The molecule has 4 heteroatoms. The van der Waals surface area contributed by atoms with Crippen molar-refractivity contribution in [1.29, 1.82) is 0 Å². The molecule has 1 heterocycles. The fourth-order valence-corrected chi connectivity index (χ4v) is 5.27. The van der Waals surface area contributed by atoms with Crippen LogP contribution >= 0.6 is 0 Å². The molecule has 2 N–H and O–H groups in total. The van der Waals surface area contributed by atoms with Gasteiger partial charge in [0.15, 0.2) is 0 Å². The minimum Gasteiger partial charge on any atom is -0.404 e. The van der Waals surface area contributed by atoms with Crippen LogP contribution in [0, 0.1) is 24.2 Å². The van der Waals surface area contributed by atoms with Gasteiger partial charge < -0.3 is 15.0 Å². The zero-order valence-electron chi connectivity index (χ0n) is 14.7. The van der Waals surface area contributed by atoms with Crippen molar-refractivity contribution in [2.24, 2.45) is 23.0 Å². The van der Waals surface area contributed by atoms with Gasteiger partial charge in [-0.15, -0.1) is 0 Å². The molecule has 0 radical (unpaired) electrons. The molecule has 2 bridgehead atoms. The number of aryl methyl sites for hydroxylation is 1. The summed E-state index contributed by atoms with van der Waals surface area (Å²) in [7, 11) is -0.278. The highest BCUT2D eigenvalue weighted by molar-refractivity contribution is 6.47. The molecule has 1 aromatic rings. The molecule has 4 aliphatic rings. The van der Waals surface area contributed by atoms with E-state index < -0.39 is 0 Å². The number of nitrogens with two attached hydrogens (primary N) is 1. The van der Waals surface area contributed by atoms with Gasteiger partial charge in [-0.25, -0.2) is 0 Å². The maximum absolute atomic E-state index is 6.47. The van der Waals surface area contributed by atoms with Crippen LogP contribution in [-0.2, 0) is 15.7 Å². The lowest BCUT2D eigenvalue weighted by atomic mass is 9.43. The number of hydrogen-bond donors (Lipinski definition) is 1. The van der Waals surface area contributed by atoms with Crippen LogP contribution < -0.4 is 5.73 Å². The molecular weight excluding hydrogens is 285 g/mol. The van der Waals surface area contributed by atoms with Crippen LogP contribution in [0.4, 0.5) is 0 Å². The van der Waals surface area contributed by atoms with E-state index in [-0.39, 0.29) is 24.8 Å². The first-order chi connectivity index (χ1) is 10.8. The SMILES string of the molecule is Cc1ccccc1C[C@@H](N)B1O[C@@H]2C[C@@H]3C[C@@H](C3(C)C)[C@]2(C)O1. The van der Waals surface area contributed by atoms with Crippen LogP contribution in [0.25, 0.3) is 0 Å². The van der Waals surface area contributed by atoms with Gasteiger partial charge in [0.1, 0.15) is 0 Å². The van der Waals surface area contributed by atoms with Crippen molar-refractivity contribution in [2.45, 2.75) is 64.6 Å². The Kier molecular flexibility index (Phi) is 3.46. The summed E-state index contributed by atoms with van der Waals surface area (Å²) >= 11 is 0. The molecule has 0 aromatic heterocycles. The highest BCUT2D eigenvalue weighted by Gasteiger charge is 2.68. The van der Waals surface area contributed by atoms with E-state index in [4.69, 9.17) is 15.0 Å². The summed E-state index contributed by atoms with van der Waals surface area (Å²) < 4.78 is 12.8.